The van der Waals surface area contributed by atoms with Crippen LogP contribution in [0.5, 0.6) is 0 Å². The molecule has 0 saturated heterocycles. The molecule has 10 heteroatoms. The zero-order valence-corrected chi connectivity index (χ0v) is 55.8. The summed E-state index contributed by atoms with van der Waals surface area (Å²) in [6.45, 7) is 3.80. The van der Waals surface area contributed by atoms with Gasteiger partial charge in [0.2, 0.25) is 0 Å². The molecule has 0 aliphatic carbocycles. The van der Waals surface area contributed by atoms with Crippen LogP contribution in [0.25, 0.3) is 0 Å². The first kappa shape index (κ1) is 81.0. The molecule has 2 unspecified atom stereocenters. The monoisotopic (exact) mass is 1190 g/mol. The first-order valence-electron chi connectivity index (χ1n) is 36.1. The molecule has 0 aromatic carbocycles. The average Bonchev–Trinajstić information content (AvgIpc) is 3.49. The largest absolute Gasteiger partial charge is 0.472 e. The van der Waals surface area contributed by atoms with E-state index in [4.69, 9.17) is 24.3 Å². The molecule has 2 atom stereocenters. The van der Waals surface area contributed by atoms with Gasteiger partial charge in [-0.25, -0.2) is 4.57 Å². The van der Waals surface area contributed by atoms with E-state index in [1.165, 1.54) is 289 Å². The predicted molar refractivity (Wildman–Crippen MR) is 358 cm³/mol. The van der Waals surface area contributed by atoms with Crippen LogP contribution in [-0.2, 0) is 32.7 Å². The van der Waals surface area contributed by atoms with Gasteiger partial charge >= 0.3 is 19.8 Å². The van der Waals surface area contributed by atoms with E-state index in [0.717, 1.165) is 51.4 Å². The second kappa shape index (κ2) is 69.1. The summed E-state index contributed by atoms with van der Waals surface area (Å²) in [5.41, 5.74) is 5.41. The maximum atomic E-state index is 12.8. The van der Waals surface area contributed by atoms with E-state index < -0.39 is 26.5 Å². The van der Waals surface area contributed by atoms with Crippen LogP contribution in [0.4, 0.5) is 0 Å². The first-order valence-corrected chi connectivity index (χ1v) is 37.6. The van der Waals surface area contributed by atoms with Crippen LogP contribution in [-0.4, -0.2) is 49.3 Å². The molecule has 0 rings (SSSR count). The Morgan fingerprint density at radius 1 is 0.361 bits per heavy atom. The molecule has 0 aromatic heterocycles. The van der Waals surface area contributed by atoms with E-state index >= 15 is 0 Å². The summed E-state index contributed by atoms with van der Waals surface area (Å²) in [6, 6.07) is 0. The second-order valence-corrected chi connectivity index (χ2v) is 25.9. The number of hydrogen-bond donors (Lipinski definition) is 2. The van der Waals surface area contributed by atoms with Gasteiger partial charge in [0.1, 0.15) is 6.61 Å². The molecule has 0 bridgehead atoms. The van der Waals surface area contributed by atoms with E-state index in [2.05, 4.69) is 62.5 Å². The third-order valence-corrected chi connectivity index (χ3v) is 17.2. The molecule has 3 N–H and O–H groups in total. The minimum absolute atomic E-state index is 0.0545. The minimum atomic E-state index is -4.39. The van der Waals surface area contributed by atoms with Crippen LogP contribution in [0.15, 0.2) is 48.6 Å². The van der Waals surface area contributed by atoms with Gasteiger partial charge in [0.15, 0.2) is 6.10 Å². The molecule has 0 fully saturated rings. The van der Waals surface area contributed by atoms with Crippen LogP contribution in [0.2, 0.25) is 0 Å². The Hall–Kier alpha value is -2.03. The fraction of sp³-hybridized carbons (Fsp3) is 0.863. The average molecular weight is 1190 g/mol. The highest BCUT2D eigenvalue weighted by Crippen LogP contribution is 2.43. The van der Waals surface area contributed by atoms with Crippen molar-refractivity contribution >= 4 is 19.8 Å². The molecule has 488 valence electrons. The lowest BCUT2D eigenvalue weighted by molar-refractivity contribution is -0.161. The number of nitrogens with two attached hydrogens (primary N) is 1. The number of allylic oxidation sites excluding steroid dienone is 8. The Bertz CT molecular complexity index is 1500. The molecular formula is C73H138NO8P. The molecule has 0 amide bonds. The highest BCUT2D eigenvalue weighted by Gasteiger charge is 2.26. The summed E-state index contributed by atoms with van der Waals surface area (Å²) in [4.78, 5) is 35.4. The Morgan fingerprint density at radius 3 is 0.940 bits per heavy atom. The number of unbranched alkanes of at least 4 members (excludes halogenated alkanes) is 48. The summed E-state index contributed by atoms with van der Waals surface area (Å²) >= 11 is 0. The Labute approximate surface area is 515 Å². The van der Waals surface area contributed by atoms with Gasteiger partial charge in [-0.3, -0.25) is 18.6 Å². The molecule has 0 heterocycles. The maximum absolute atomic E-state index is 12.8. The third-order valence-electron chi connectivity index (χ3n) is 16.2. The highest BCUT2D eigenvalue weighted by atomic mass is 31.2. The summed E-state index contributed by atoms with van der Waals surface area (Å²) in [7, 11) is -4.39. The van der Waals surface area contributed by atoms with Crippen LogP contribution >= 0.6 is 7.82 Å². The van der Waals surface area contributed by atoms with Crippen molar-refractivity contribution in [3.05, 3.63) is 48.6 Å². The maximum Gasteiger partial charge on any atom is 0.472 e. The SMILES string of the molecule is CCCCCCC/C=C\C/C=C\C/C=C\CCCCCCCCCCCCCCCCC(=O)OC(COC(=O)CCCCCCCCCCCCCCCCCCCCCCC/C=C\CCCCCCCCCC)COP(=O)(O)OCCN. The second-order valence-electron chi connectivity index (χ2n) is 24.5. The van der Waals surface area contributed by atoms with Gasteiger partial charge in [-0.05, 0) is 77.0 Å². The summed E-state index contributed by atoms with van der Waals surface area (Å²) in [5, 5.41) is 0. The minimum Gasteiger partial charge on any atom is -0.462 e. The number of carbonyl (C=O) groups is 2. The lowest BCUT2D eigenvalue weighted by Gasteiger charge is -2.19. The summed E-state index contributed by atoms with van der Waals surface area (Å²) < 4.78 is 33.2. The number of hydrogen-bond acceptors (Lipinski definition) is 8. The lowest BCUT2D eigenvalue weighted by Crippen LogP contribution is -2.29. The molecule has 0 radical (unpaired) electrons. The molecule has 0 saturated carbocycles. The van der Waals surface area contributed by atoms with Crippen LogP contribution < -0.4 is 5.73 Å². The van der Waals surface area contributed by atoms with Crippen molar-refractivity contribution in [3.8, 4) is 0 Å². The molecule has 0 aromatic rings. The van der Waals surface area contributed by atoms with Crippen molar-refractivity contribution in [3.63, 3.8) is 0 Å². The van der Waals surface area contributed by atoms with Crippen molar-refractivity contribution in [2.24, 2.45) is 5.73 Å². The normalized spacial score (nSPS) is 13.2. The fourth-order valence-electron chi connectivity index (χ4n) is 10.8. The third kappa shape index (κ3) is 68.9. The van der Waals surface area contributed by atoms with E-state index in [9.17, 15) is 19.0 Å². The van der Waals surface area contributed by atoms with Gasteiger partial charge in [-0.15, -0.1) is 0 Å². The topological polar surface area (TPSA) is 134 Å². The van der Waals surface area contributed by atoms with Crippen molar-refractivity contribution < 1.29 is 37.6 Å². The number of carbonyl (C=O) groups excluding carboxylic acids is 2. The van der Waals surface area contributed by atoms with Crippen molar-refractivity contribution in [1.82, 2.24) is 0 Å². The van der Waals surface area contributed by atoms with Crippen molar-refractivity contribution in [1.29, 1.82) is 0 Å². The predicted octanol–water partition coefficient (Wildman–Crippen LogP) is 23.6. The van der Waals surface area contributed by atoms with Gasteiger partial charge in [0.25, 0.3) is 0 Å². The molecule has 9 nitrogen and oxygen atoms in total. The van der Waals surface area contributed by atoms with Crippen LogP contribution in [0, 0.1) is 0 Å². The van der Waals surface area contributed by atoms with Gasteiger partial charge < -0.3 is 20.1 Å². The number of ether oxygens (including phenoxy) is 2. The Morgan fingerprint density at radius 2 is 0.627 bits per heavy atom. The molecule has 83 heavy (non-hydrogen) atoms. The smallest absolute Gasteiger partial charge is 0.462 e. The Balaban J connectivity index is 3.82. The van der Waals surface area contributed by atoms with E-state index in [1.54, 1.807) is 0 Å². The lowest BCUT2D eigenvalue weighted by atomic mass is 10.0. The van der Waals surface area contributed by atoms with Crippen molar-refractivity contribution in [2.75, 3.05) is 26.4 Å². The zero-order valence-electron chi connectivity index (χ0n) is 55.0. The van der Waals surface area contributed by atoms with Gasteiger partial charge in [0.05, 0.1) is 13.2 Å². The van der Waals surface area contributed by atoms with Gasteiger partial charge in [-0.2, -0.15) is 0 Å². The number of phosphoric acid groups is 1. The van der Waals surface area contributed by atoms with Gasteiger partial charge in [0, 0.05) is 19.4 Å². The first-order chi connectivity index (χ1) is 40.8. The van der Waals surface area contributed by atoms with Gasteiger partial charge in [-0.1, -0.05) is 332 Å². The zero-order chi connectivity index (χ0) is 60.1. The molecule has 0 aliphatic rings. The quantitative estimate of drug-likeness (QED) is 0.0264. The van der Waals surface area contributed by atoms with E-state index in [0.29, 0.717) is 6.42 Å². The molecule has 0 aliphatic heterocycles. The number of rotatable bonds is 69. The molecular weight excluding hydrogens is 1050 g/mol. The fourth-order valence-corrected chi connectivity index (χ4v) is 11.6. The summed E-state index contributed by atoms with van der Waals surface area (Å²) in [6.07, 6.45) is 87.9. The van der Waals surface area contributed by atoms with Crippen molar-refractivity contribution in [2.45, 2.75) is 380 Å². The highest BCUT2D eigenvalue weighted by molar-refractivity contribution is 7.47. The number of esters is 2. The van der Waals surface area contributed by atoms with E-state index in [1.807, 2.05) is 0 Å². The Kier molecular flexibility index (Phi) is 67.4. The number of phosphoric ester groups is 1. The molecule has 0 spiro atoms. The van der Waals surface area contributed by atoms with E-state index in [-0.39, 0.29) is 38.6 Å². The van der Waals surface area contributed by atoms with Crippen LogP contribution in [0.3, 0.4) is 0 Å². The van der Waals surface area contributed by atoms with Crippen LogP contribution in [0.1, 0.15) is 373 Å². The standard InChI is InChI=1S/C73H138NO8P/c1-3-5-7-9-11-13-15-17-19-21-23-25-27-29-31-33-34-35-36-38-39-41-43-45-47-49-51-53-55-57-59-61-63-65-72(75)79-69-71(70-81-83(77,78)80-68-67-74)82-73(76)66-64-62-60-58-56-54-52-50-48-46-44-42-40-37-32-30-28-26-24-22-20-18-16-14-12-10-8-6-4-2/h16,18,21-24,28,30,71H,3-15,17,19-20,25-27,29,31-70,74H2,1-2H3,(H,77,78)/b18-16-,23-21-,24-22-,30-28-. The summed E-state index contributed by atoms with van der Waals surface area (Å²) in [5.74, 6) is -0.809.